The Kier molecular flexibility index (Phi) is 5.78. The minimum atomic E-state index is -0.833. The van der Waals surface area contributed by atoms with Crippen LogP contribution in [0, 0.1) is 0 Å². The number of likely N-dealkylation sites (N-methyl/N-ethyl adjacent to an activating group) is 1. The van der Waals surface area contributed by atoms with Gasteiger partial charge in [0.1, 0.15) is 5.82 Å². The smallest absolute Gasteiger partial charge is 0.153 e. The van der Waals surface area contributed by atoms with Gasteiger partial charge in [-0.2, -0.15) is 5.10 Å². The van der Waals surface area contributed by atoms with Crippen molar-refractivity contribution in [1.82, 2.24) is 19.7 Å². The zero-order valence-electron chi connectivity index (χ0n) is 15.7. The summed E-state index contributed by atoms with van der Waals surface area (Å²) in [6.45, 7) is 8.22. The highest BCUT2D eigenvalue weighted by molar-refractivity contribution is 5.18. The Morgan fingerprint density at radius 3 is 2.29 bits per heavy atom. The second-order valence-corrected chi connectivity index (χ2v) is 7.62. The molecule has 0 unspecified atom stereocenters. The summed E-state index contributed by atoms with van der Waals surface area (Å²) in [5.74, 6) is 2.00. The van der Waals surface area contributed by atoms with E-state index in [-0.39, 0.29) is 12.0 Å². The number of aliphatic hydroxyl groups is 1. The average molecular weight is 330 g/mol. The Bertz CT molecular complexity index is 641. The maximum atomic E-state index is 10.3. The molecule has 5 heteroatoms. The van der Waals surface area contributed by atoms with E-state index >= 15 is 0 Å². The number of aromatic nitrogens is 3. The second-order valence-electron chi connectivity index (χ2n) is 7.62. The number of benzene rings is 1. The predicted molar refractivity (Wildman–Crippen MR) is 97.0 cm³/mol. The molecule has 0 saturated heterocycles. The molecule has 0 saturated carbocycles. The first kappa shape index (κ1) is 18.6. The van der Waals surface area contributed by atoms with Gasteiger partial charge in [0.15, 0.2) is 5.82 Å². The third-order valence-electron chi connectivity index (χ3n) is 3.96. The normalized spacial score (nSPS) is 13.7. The summed E-state index contributed by atoms with van der Waals surface area (Å²) in [4.78, 5) is 6.98. The van der Waals surface area contributed by atoms with E-state index in [9.17, 15) is 5.11 Å². The first-order chi connectivity index (χ1) is 11.2. The van der Waals surface area contributed by atoms with Gasteiger partial charge in [0, 0.05) is 5.92 Å². The SMILES string of the molecule is CC(C)c1nc([C@H](Cc2ccccc2)N(C)C)n(CC(C)(C)O)n1. The fourth-order valence-corrected chi connectivity index (χ4v) is 2.69. The Morgan fingerprint density at radius 2 is 1.79 bits per heavy atom. The van der Waals surface area contributed by atoms with Gasteiger partial charge in [0.05, 0.1) is 18.2 Å². The topological polar surface area (TPSA) is 54.2 Å². The molecule has 0 aliphatic carbocycles. The Hall–Kier alpha value is -1.72. The summed E-state index contributed by atoms with van der Waals surface area (Å²) < 4.78 is 1.88. The van der Waals surface area contributed by atoms with Crippen molar-refractivity contribution >= 4 is 0 Å². The van der Waals surface area contributed by atoms with E-state index in [4.69, 9.17) is 4.98 Å². The van der Waals surface area contributed by atoms with Crippen molar-refractivity contribution in [3.8, 4) is 0 Å². The van der Waals surface area contributed by atoms with Crippen LogP contribution in [0.1, 0.15) is 56.9 Å². The van der Waals surface area contributed by atoms with Crippen molar-refractivity contribution in [1.29, 1.82) is 0 Å². The van der Waals surface area contributed by atoms with Gasteiger partial charge in [-0.15, -0.1) is 0 Å². The van der Waals surface area contributed by atoms with E-state index in [2.05, 4.69) is 62.2 Å². The first-order valence-corrected chi connectivity index (χ1v) is 8.54. The van der Waals surface area contributed by atoms with Crippen molar-refractivity contribution in [3.05, 3.63) is 47.5 Å². The van der Waals surface area contributed by atoms with Gasteiger partial charge in [-0.1, -0.05) is 44.2 Å². The molecule has 1 aromatic heterocycles. The lowest BCUT2D eigenvalue weighted by atomic mass is 10.0. The lowest BCUT2D eigenvalue weighted by molar-refractivity contribution is 0.0549. The highest BCUT2D eigenvalue weighted by Gasteiger charge is 2.26. The highest BCUT2D eigenvalue weighted by atomic mass is 16.3. The summed E-state index contributed by atoms with van der Waals surface area (Å²) in [5, 5.41) is 14.9. The van der Waals surface area contributed by atoms with Crippen molar-refractivity contribution in [3.63, 3.8) is 0 Å². The van der Waals surface area contributed by atoms with E-state index in [1.807, 2.05) is 10.7 Å². The van der Waals surface area contributed by atoms with Gasteiger partial charge in [-0.05, 0) is 39.9 Å². The van der Waals surface area contributed by atoms with Gasteiger partial charge < -0.3 is 5.11 Å². The Labute approximate surface area is 145 Å². The fourth-order valence-electron chi connectivity index (χ4n) is 2.69. The number of nitrogens with zero attached hydrogens (tertiary/aromatic N) is 4. The molecule has 0 aliphatic heterocycles. The standard InChI is InChI=1S/C19H30N4O/c1-14(2)17-20-18(23(21-17)13-19(3,4)24)16(22(5)6)12-15-10-8-7-9-11-15/h7-11,14,16,24H,12-13H2,1-6H3/t16-/m0/s1. The molecule has 1 N–H and O–H groups in total. The van der Waals surface area contributed by atoms with Crippen LogP contribution in [-0.4, -0.2) is 44.5 Å². The molecule has 24 heavy (non-hydrogen) atoms. The zero-order chi connectivity index (χ0) is 17.9. The molecule has 2 rings (SSSR count). The quantitative estimate of drug-likeness (QED) is 0.848. The molecule has 0 fully saturated rings. The summed E-state index contributed by atoms with van der Waals surface area (Å²) in [5.41, 5.74) is 0.431. The maximum Gasteiger partial charge on any atom is 0.153 e. The number of hydrogen-bond acceptors (Lipinski definition) is 4. The molecular weight excluding hydrogens is 300 g/mol. The average Bonchev–Trinajstić information content (AvgIpc) is 2.87. The van der Waals surface area contributed by atoms with E-state index < -0.39 is 5.60 Å². The van der Waals surface area contributed by atoms with E-state index in [1.54, 1.807) is 13.8 Å². The maximum absolute atomic E-state index is 10.3. The molecule has 5 nitrogen and oxygen atoms in total. The Balaban J connectivity index is 2.40. The lowest BCUT2D eigenvalue weighted by Gasteiger charge is -2.26. The van der Waals surface area contributed by atoms with Crippen molar-refractivity contribution < 1.29 is 5.11 Å². The fraction of sp³-hybridized carbons (Fsp3) is 0.579. The van der Waals surface area contributed by atoms with E-state index in [1.165, 1.54) is 5.56 Å². The highest BCUT2D eigenvalue weighted by Crippen LogP contribution is 2.24. The van der Waals surface area contributed by atoms with Crippen LogP contribution in [0.4, 0.5) is 0 Å². The third-order valence-corrected chi connectivity index (χ3v) is 3.96. The molecule has 1 atom stereocenters. The van der Waals surface area contributed by atoms with Crippen molar-refractivity contribution in [2.45, 2.75) is 58.2 Å². The lowest BCUT2D eigenvalue weighted by Crippen LogP contribution is -2.31. The van der Waals surface area contributed by atoms with Crippen LogP contribution in [0.5, 0.6) is 0 Å². The molecule has 0 aliphatic rings. The molecule has 0 bridgehead atoms. The van der Waals surface area contributed by atoms with Crippen LogP contribution in [0.2, 0.25) is 0 Å². The molecule has 0 spiro atoms. The predicted octanol–water partition coefficient (Wildman–Crippen LogP) is 3.02. The molecule has 2 aromatic rings. The minimum absolute atomic E-state index is 0.106. The second kappa shape index (κ2) is 7.45. The van der Waals surface area contributed by atoms with E-state index in [0.29, 0.717) is 6.54 Å². The van der Waals surface area contributed by atoms with Gasteiger partial charge in [-0.25, -0.2) is 9.67 Å². The van der Waals surface area contributed by atoms with Crippen LogP contribution in [0.3, 0.4) is 0 Å². The monoisotopic (exact) mass is 330 g/mol. The summed E-state index contributed by atoms with van der Waals surface area (Å²) >= 11 is 0. The number of rotatable bonds is 7. The van der Waals surface area contributed by atoms with Crippen molar-refractivity contribution in [2.24, 2.45) is 0 Å². The van der Waals surface area contributed by atoms with Gasteiger partial charge in [0.25, 0.3) is 0 Å². The van der Waals surface area contributed by atoms with Crippen LogP contribution in [0.25, 0.3) is 0 Å². The van der Waals surface area contributed by atoms with E-state index in [0.717, 1.165) is 18.1 Å². The van der Waals surface area contributed by atoms with Crippen LogP contribution in [0.15, 0.2) is 30.3 Å². The molecule has 1 aromatic carbocycles. The van der Waals surface area contributed by atoms with Crippen LogP contribution in [-0.2, 0) is 13.0 Å². The summed E-state index contributed by atoms with van der Waals surface area (Å²) in [6.07, 6.45) is 0.857. The van der Waals surface area contributed by atoms with Gasteiger partial charge in [-0.3, -0.25) is 4.90 Å². The summed E-state index contributed by atoms with van der Waals surface area (Å²) in [6, 6.07) is 10.5. The third kappa shape index (κ3) is 4.89. The summed E-state index contributed by atoms with van der Waals surface area (Å²) in [7, 11) is 4.12. The Morgan fingerprint density at radius 1 is 1.17 bits per heavy atom. The first-order valence-electron chi connectivity index (χ1n) is 8.54. The molecule has 0 amide bonds. The van der Waals surface area contributed by atoms with Crippen LogP contribution >= 0.6 is 0 Å². The molecule has 0 radical (unpaired) electrons. The van der Waals surface area contributed by atoms with Crippen LogP contribution < -0.4 is 0 Å². The van der Waals surface area contributed by atoms with Crippen molar-refractivity contribution in [2.75, 3.05) is 14.1 Å². The molecule has 1 heterocycles. The van der Waals surface area contributed by atoms with Gasteiger partial charge >= 0.3 is 0 Å². The largest absolute Gasteiger partial charge is 0.389 e. The number of hydrogen-bond donors (Lipinski definition) is 1. The molecular formula is C19H30N4O. The minimum Gasteiger partial charge on any atom is -0.389 e. The molecule has 132 valence electrons. The van der Waals surface area contributed by atoms with Gasteiger partial charge in [0.2, 0.25) is 0 Å². The zero-order valence-corrected chi connectivity index (χ0v) is 15.7.